The molecule has 4 N–H and O–H groups in total. The van der Waals surface area contributed by atoms with Crippen LogP contribution < -0.4 is 11.5 Å². The number of ether oxygens (including phenoxy) is 1. The second-order valence-corrected chi connectivity index (χ2v) is 11.3. The first-order chi connectivity index (χ1) is 15.3. The van der Waals surface area contributed by atoms with Crippen molar-refractivity contribution < 1.29 is 14.3 Å². The first-order valence-electron chi connectivity index (χ1n) is 11.2. The van der Waals surface area contributed by atoms with E-state index in [4.69, 9.17) is 16.2 Å². The van der Waals surface area contributed by atoms with Crippen molar-refractivity contribution in [3.8, 4) is 0 Å². The molecule has 8 heteroatoms. The van der Waals surface area contributed by atoms with E-state index in [-0.39, 0.29) is 29.5 Å². The number of Topliss-reactive ketones (excluding diaryl/α,β-unsaturated/α-hetero) is 1. The quantitative estimate of drug-likeness (QED) is 0.365. The maximum absolute atomic E-state index is 13.3. The van der Waals surface area contributed by atoms with E-state index in [1.165, 1.54) is 11.8 Å². The van der Waals surface area contributed by atoms with Gasteiger partial charge >= 0.3 is 5.97 Å². The van der Waals surface area contributed by atoms with E-state index in [0.29, 0.717) is 18.5 Å². The summed E-state index contributed by atoms with van der Waals surface area (Å²) < 4.78 is 6.04. The van der Waals surface area contributed by atoms with Gasteiger partial charge in [-0.2, -0.15) is 0 Å². The fraction of sp³-hybridized carbons (Fsp3) is 0.520. The maximum Gasteiger partial charge on any atom is 0.327 e. The Hall–Kier alpha value is -2.61. The zero-order valence-corrected chi connectivity index (χ0v) is 21.1. The van der Waals surface area contributed by atoms with E-state index in [2.05, 4.69) is 30.7 Å². The number of carbonyl (C=O) groups is 2. The highest BCUT2D eigenvalue weighted by atomic mass is 32.2. The number of esters is 1. The van der Waals surface area contributed by atoms with Crippen molar-refractivity contribution in [1.29, 1.82) is 0 Å². The molecule has 178 valence electrons. The zero-order chi connectivity index (χ0) is 24.6. The normalized spacial score (nSPS) is 21.4. The summed E-state index contributed by atoms with van der Waals surface area (Å²) in [6, 6.07) is 3.91. The van der Waals surface area contributed by atoms with Gasteiger partial charge in [0, 0.05) is 29.4 Å². The summed E-state index contributed by atoms with van der Waals surface area (Å²) in [6.07, 6.45) is 4.61. The van der Waals surface area contributed by atoms with Crippen molar-refractivity contribution in [2.45, 2.75) is 82.0 Å². The molecule has 1 aromatic carbocycles. The van der Waals surface area contributed by atoms with E-state index < -0.39 is 16.8 Å². The van der Waals surface area contributed by atoms with Gasteiger partial charge in [0.2, 0.25) is 5.95 Å². The molecule has 2 heterocycles. The average Bonchev–Trinajstić information content (AvgIpc) is 2.71. The molecule has 2 atom stereocenters. The molecule has 1 saturated heterocycles. The molecule has 0 radical (unpaired) electrons. The lowest BCUT2D eigenvalue weighted by molar-refractivity contribution is -0.176. The zero-order valence-electron chi connectivity index (χ0n) is 20.3. The number of nitrogens with two attached hydrogens (primary N) is 2. The van der Waals surface area contributed by atoms with Crippen molar-refractivity contribution in [3.05, 3.63) is 41.2 Å². The molecule has 1 fully saturated rings. The largest absolute Gasteiger partial charge is 0.457 e. The van der Waals surface area contributed by atoms with Crippen LogP contribution in [-0.2, 0) is 26.2 Å². The van der Waals surface area contributed by atoms with Crippen molar-refractivity contribution >= 4 is 35.2 Å². The Morgan fingerprint density at radius 3 is 2.36 bits per heavy atom. The number of nitrogens with zero attached hydrogens (tertiary/aromatic N) is 2. The van der Waals surface area contributed by atoms with Gasteiger partial charge in [0.15, 0.2) is 11.0 Å². The highest BCUT2D eigenvalue weighted by Gasteiger charge is 2.49. The molecule has 33 heavy (non-hydrogen) atoms. The SMILES string of the molecule is Cc1cc(SC2C(=O)CC(CCc3cnc(N)nc3)(C(C)C)OC2=O)c(C(C)(C)C)cc1N. The van der Waals surface area contributed by atoms with Gasteiger partial charge in [0.05, 0.1) is 0 Å². The van der Waals surface area contributed by atoms with E-state index in [1.54, 1.807) is 12.4 Å². The molecule has 0 saturated carbocycles. The van der Waals surface area contributed by atoms with Crippen LogP contribution in [0.2, 0.25) is 0 Å². The molecule has 2 unspecified atom stereocenters. The second-order valence-electron chi connectivity index (χ2n) is 10.2. The molecule has 1 aliphatic rings. The van der Waals surface area contributed by atoms with Crippen molar-refractivity contribution in [2.24, 2.45) is 5.92 Å². The molecule has 0 aliphatic carbocycles. The van der Waals surface area contributed by atoms with E-state index >= 15 is 0 Å². The van der Waals surface area contributed by atoms with Gasteiger partial charge in [0.1, 0.15) is 5.60 Å². The summed E-state index contributed by atoms with van der Waals surface area (Å²) in [5.41, 5.74) is 14.2. The summed E-state index contributed by atoms with van der Waals surface area (Å²) in [5.74, 6) is -0.389. The van der Waals surface area contributed by atoms with Crippen LogP contribution in [0.15, 0.2) is 29.4 Å². The third-order valence-electron chi connectivity index (χ3n) is 6.32. The van der Waals surface area contributed by atoms with Crippen molar-refractivity contribution in [3.63, 3.8) is 0 Å². The first kappa shape index (κ1) is 25.0. The summed E-state index contributed by atoms with van der Waals surface area (Å²) >= 11 is 1.27. The Morgan fingerprint density at radius 1 is 1.18 bits per heavy atom. The van der Waals surface area contributed by atoms with Crippen LogP contribution in [0.3, 0.4) is 0 Å². The van der Waals surface area contributed by atoms with Crippen molar-refractivity contribution in [2.75, 3.05) is 11.5 Å². The fourth-order valence-corrected chi connectivity index (χ4v) is 5.38. The third-order valence-corrected chi connectivity index (χ3v) is 7.60. The lowest BCUT2D eigenvalue weighted by Crippen LogP contribution is -2.52. The third kappa shape index (κ3) is 5.49. The van der Waals surface area contributed by atoms with Crippen LogP contribution in [0.25, 0.3) is 0 Å². The number of aromatic nitrogens is 2. The van der Waals surface area contributed by atoms with E-state index in [0.717, 1.165) is 21.6 Å². The lowest BCUT2D eigenvalue weighted by Gasteiger charge is -2.41. The highest BCUT2D eigenvalue weighted by molar-refractivity contribution is 8.01. The molecule has 0 spiro atoms. The molecule has 1 aliphatic heterocycles. The molecule has 0 amide bonds. The molecular weight excluding hydrogens is 436 g/mol. The number of ketones is 1. The van der Waals surface area contributed by atoms with Crippen LogP contribution in [0.4, 0.5) is 11.6 Å². The number of nitrogen functional groups attached to an aromatic ring is 2. The van der Waals surface area contributed by atoms with Crippen LogP contribution in [-0.4, -0.2) is 32.6 Å². The number of benzene rings is 1. The van der Waals surface area contributed by atoms with Gasteiger partial charge in [0.25, 0.3) is 0 Å². The number of hydrogen-bond acceptors (Lipinski definition) is 8. The first-order valence-corrected chi connectivity index (χ1v) is 12.1. The Bertz CT molecular complexity index is 1030. The Labute approximate surface area is 200 Å². The molecule has 7 nitrogen and oxygen atoms in total. The van der Waals surface area contributed by atoms with Gasteiger partial charge in [-0.15, -0.1) is 11.8 Å². The van der Waals surface area contributed by atoms with Gasteiger partial charge in [-0.25, -0.2) is 9.97 Å². The van der Waals surface area contributed by atoms with Crippen molar-refractivity contribution in [1.82, 2.24) is 9.97 Å². The molecular formula is C25H34N4O3S. The maximum atomic E-state index is 13.3. The number of cyclic esters (lactones) is 1. The molecule has 2 aromatic rings. The summed E-state index contributed by atoms with van der Waals surface area (Å²) in [4.78, 5) is 35.4. The van der Waals surface area contributed by atoms with Gasteiger partial charge < -0.3 is 16.2 Å². The number of carbonyl (C=O) groups excluding carboxylic acids is 2. The molecule has 1 aromatic heterocycles. The summed E-state index contributed by atoms with van der Waals surface area (Å²) in [5, 5.41) is -0.888. The summed E-state index contributed by atoms with van der Waals surface area (Å²) in [7, 11) is 0. The summed E-state index contributed by atoms with van der Waals surface area (Å²) in [6.45, 7) is 12.2. The van der Waals surface area contributed by atoms with Crippen LogP contribution in [0.5, 0.6) is 0 Å². The predicted octanol–water partition coefficient (Wildman–Crippen LogP) is 4.25. The standard InChI is InChI=1S/C25H34N4O3S/c1-14(2)25(8-7-16-12-28-23(27)29-13-16)11-19(30)21(22(31)32-25)33-20-9-15(3)18(26)10-17(20)24(4,5)6/h9-10,12-14,21H,7-8,11,26H2,1-6H3,(H2,27,28,29). The number of thioether (sulfide) groups is 1. The minimum atomic E-state index is -0.888. The number of rotatable bonds is 6. The second kappa shape index (κ2) is 9.33. The molecule has 0 bridgehead atoms. The lowest BCUT2D eigenvalue weighted by atomic mass is 9.78. The van der Waals surface area contributed by atoms with Gasteiger partial charge in [-0.3, -0.25) is 9.59 Å². The number of hydrogen-bond donors (Lipinski definition) is 2. The minimum Gasteiger partial charge on any atom is -0.457 e. The average molecular weight is 471 g/mol. The topological polar surface area (TPSA) is 121 Å². The van der Waals surface area contributed by atoms with Crippen LogP contribution in [0, 0.1) is 12.8 Å². The molecule has 3 rings (SSSR count). The van der Waals surface area contributed by atoms with Crippen LogP contribution >= 0.6 is 11.8 Å². The Balaban J connectivity index is 1.83. The Morgan fingerprint density at radius 2 is 1.82 bits per heavy atom. The number of aryl methyl sites for hydroxylation is 2. The van der Waals surface area contributed by atoms with Gasteiger partial charge in [-0.05, 0) is 59.9 Å². The smallest absolute Gasteiger partial charge is 0.327 e. The highest BCUT2D eigenvalue weighted by Crippen LogP contribution is 2.43. The minimum absolute atomic E-state index is 0.0186. The monoisotopic (exact) mass is 470 g/mol. The number of anilines is 2. The van der Waals surface area contributed by atoms with E-state index in [9.17, 15) is 9.59 Å². The Kier molecular flexibility index (Phi) is 7.07. The van der Waals surface area contributed by atoms with E-state index in [1.807, 2.05) is 32.9 Å². The van der Waals surface area contributed by atoms with Crippen LogP contribution in [0.1, 0.15) is 64.2 Å². The fourth-order valence-electron chi connectivity index (χ4n) is 4.03. The predicted molar refractivity (Wildman–Crippen MR) is 132 cm³/mol. The van der Waals surface area contributed by atoms with Gasteiger partial charge in [-0.1, -0.05) is 34.6 Å².